The first-order valence-corrected chi connectivity index (χ1v) is 22.4. The highest BCUT2D eigenvalue weighted by Crippen LogP contribution is 2.61. The molecule has 3 nitrogen and oxygen atoms in total. The minimum absolute atomic E-state index is 0.566. The molecule has 0 radical (unpaired) electrons. The van der Waals surface area contributed by atoms with Crippen molar-refractivity contribution in [2.24, 2.45) is 0 Å². The molecule has 8 aromatic carbocycles. The molecule has 2 heterocycles. The summed E-state index contributed by atoms with van der Waals surface area (Å²) in [5.41, 5.74) is 20.7. The van der Waals surface area contributed by atoms with Crippen molar-refractivity contribution < 1.29 is 0 Å². The van der Waals surface area contributed by atoms with Gasteiger partial charge in [-0.05, 0) is 114 Å². The van der Waals surface area contributed by atoms with Crippen LogP contribution in [0.2, 0.25) is 0 Å². The topological polar surface area (TPSA) is 19.4 Å². The molecule has 0 atom stereocenters. The summed E-state index contributed by atoms with van der Waals surface area (Å²) in [6, 6.07) is 77.9. The Bertz CT molecular complexity index is 3260. The van der Waals surface area contributed by atoms with Gasteiger partial charge in [-0.3, -0.25) is 4.98 Å². The van der Waals surface area contributed by atoms with Gasteiger partial charge in [0.15, 0.2) is 0 Å². The SMILES string of the molecule is Cc1ccnc(C2(c3cccc(C4(c5cccc(C6(N7C=CN(C)C7)c7ccccc7-c7ccccc76)c5)c5ccccc5-c5ccccc54)c3)c3ccccc3-c3ccccc32)c1. The van der Waals surface area contributed by atoms with Crippen LogP contribution in [0.3, 0.4) is 0 Å². The number of hydrogen-bond acceptors (Lipinski definition) is 3. The van der Waals surface area contributed by atoms with Crippen LogP contribution < -0.4 is 0 Å². The molecule has 3 heteroatoms. The predicted molar refractivity (Wildman–Crippen MR) is 259 cm³/mol. The van der Waals surface area contributed by atoms with Gasteiger partial charge >= 0.3 is 0 Å². The van der Waals surface area contributed by atoms with Crippen LogP contribution in [0, 0.1) is 6.92 Å². The molecule has 1 aromatic heterocycles. The molecule has 0 spiro atoms. The normalized spacial score (nSPS) is 16.2. The van der Waals surface area contributed by atoms with Gasteiger partial charge in [0.05, 0.1) is 23.2 Å². The Kier molecular flexibility index (Phi) is 7.85. The maximum atomic E-state index is 5.27. The molecule has 13 rings (SSSR count). The Balaban J connectivity index is 1.13. The lowest BCUT2D eigenvalue weighted by Gasteiger charge is -2.43. The lowest BCUT2D eigenvalue weighted by molar-refractivity contribution is 0.198. The summed E-state index contributed by atoms with van der Waals surface area (Å²) in [4.78, 5) is 10.1. The highest BCUT2D eigenvalue weighted by atomic mass is 15.4. The third-order valence-electron chi connectivity index (χ3n) is 14.9. The van der Waals surface area contributed by atoms with Crippen molar-refractivity contribution in [1.29, 1.82) is 0 Å². The molecule has 4 aliphatic rings. The molecule has 0 saturated carbocycles. The Labute approximate surface area is 375 Å². The number of hydrogen-bond donors (Lipinski definition) is 0. The monoisotopic (exact) mass is 819 g/mol. The average molecular weight is 820 g/mol. The first-order chi connectivity index (χ1) is 31.5. The van der Waals surface area contributed by atoms with E-state index in [-0.39, 0.29) is 0 Å². The van der Waals surface area contributed by atoms with Crippen LogP contribution in [0.5, 0.6) is 0 Å². The van der Waals surface area contributed by atoms with Crippen molar-refractivity contribution in [1.82, 2.24) is 14.8 Å². The van der Waals surface area contributed by atoms with E-state index in [1.807, 2.05) is 6.20 Å². The van der Waals surface area contributed by atoms with E-state index in [9.17, 15) is 0 Å². The quantitative estimate of drug-likeness (QED) is 0.167. The lowest BCUT2D eigenvalue weighted by Crippen LogP contribution is -2.45. The highest BCUT2D eigenvalue weighted by molar-refractivity contribution is 5.89. The predicted octanol–water partition coefficient (Wildman–Crippen LogP) is 13.1. The first-order valence-electron chi connectivity index (χ1n) is 22.4. The zero-order valence-corrected chi connectivity index (χ0v) is 35.9. The Morgan fingerprint density at radius 1 is 0.391 bits per heavy atom. The fourth-order valence-electron chi connectivity index (χ4n) is 12.4. The zero-order valence-electron chi connectivity index (χ0n) is 35.9. The van der Waals surface area contributed by atoms with E-state index in [0.29, 0.717) is 0 Å². The van der Waals surface area contributed by atoms with E-state index in [1.54, 1.807) is 0 Å². The minimum Gasteiger partial charge on any atom is -0.362 e. The van der Waals surface area contributed by atoms with Gasteiger partial charge in [-0.25, -0.2) is 0 Å². The van der Waals surface area contributed by atoms with Crippen molar-refractivity contribution in [3.05, 3.63) is 292 Å². The number of rotatable bonds is 6. The van der Waals surface area contributed by atoms with E-state index >= 15 is 0 Å². The van der Waals surface area contributed by atoms with Gasteiger partial charge in [0.1, 0.15) is 5.54 Å². The van der Waals surface area contributed by atoms with Crippen molar-refractivity contribution in [3.8, 4) is 33.4 Å². The largest absolute Gasteiger partial charge is 0.362 e. The van der Waals surface area contributed by atoms with Gasteiger partial charge in [0.2, 0.25) is 0 Å². The maximum Gasteiger partial charge on any atom is 0.118 e. The molecule has 0 bridgehead atoms. The number of aromatic nitrogens is 1. The van der Waals surface area contributed by atoms with E-state index in [1.165, 1.54) is 94.6 Å². The summed E-state index contributed by atoms with van der Waals surface area (Å²) in [7, 11) is 2.17. The van der Waals surface area contributed by atoms with E-state index in [0.717, 1.165) is 12.4 Å². The molecular formula is C61H45N3. The van der Waals surface area contributed by atoms with Gasteiger partial charge in [0, 0.05) is 25.6 Å². The van der Waals surface area contributed by atoms with Crippen molar-refractivity contribution in [3.63, 3.8) is 0 Å². The number of pyridine rings is 1. The van der Waals surface area contributed by atoms with Gasteiger partial charge in [-0.1, -0.05) is 194 Å². The van der Waals surface area contributed by atoms with Crippen LogP contribution in [0.25, 0.3) is 33.4 Å². The van der Waals surface area contributed by atoms with Crippen molar-refractivity contribution in [2.45, 2.75) is 23.3 Å². The van der Waals surface area contributed by atoms with Crippen LogP contribution in [0.15, 0.2) is 225 Å². The summed E-state index contributed by atoms with van der Waals surface area (Å²) in [5, 5.41) is 0. The smallest absolute Gasteiger partial charge is 0.118 e. The average Bonchev–Trinajstić information content (AvgIpc) is 4.09. The van der Waals surface area contributed by atoms with E-state index < -0.39 is 16.4 Å². The molecule has 0 fully saturated rings. The second-order valence-electron chi connectivity index (χ2n) is 18.0. The standard InChI is InChI=1S/C61H45N3/c1-41-33-34-62-58(37-41)60(54-29-11-5-23-48(54)49-24-6-12-30-55(49)60)44-19-15-17-42(38-44)59(52-27-9-3-21-46(52)47-22-4-10-28-53(47)59)43-18-16-20-45(39-43)61(64-36-35-63(2)40-64)56-31-13-7-25-50(56)51-26-8-14-32-57(51)61/h3-39H,40H2,1-2H3. The fourth-order valence-corrected chi connectivity index (χ4v) is 12.4. The minimum atomic E-state index is -0.658. The molecule has 0 N–H and O–H groups in total. The van der Waals surface area contributed by atoms with Gasteiger partial charge in [-0.15, -0.1) is 0 Å². The Morgan fingerprint density at radius 2 is 0.781 bits per heavy atom. The van der Waals surface area contributed by atoms with Crippen LogP contribution in [-0.4, -0.2) is 28.5 Å². The second kappa shape index (κ2) is 13.6. The third kappa shape index (κ3) is 4.68. The maximum absolute atomic E-state index is 5.27. The summed E-state index contributed by atoms with van der Waals surface area (Å²) in [6.45, 7) is 2.95. The number of fused-ring (bicyclic) bond motifs is 9. The second-order valence-corrected chi connectivity index (χ2v) is 18.0. The third-order valence-corrected chi connectivity index (χ3v) is 14.9. The summed E-state index contributed by atoms with van der Waals surface area (Å²) < 4.78 is 0. The van der Waals surface area contributed by atoms with Crippen LogP contribution in [-0.2, 0) is 16.4 Å². The first kappa shape index (κ1) is 36.9. The summed E-state index contributed by atoms with van der Waals surface area (Å²) in [6.07, 6.45) is 6.49. The molecule has 304 valence electrons. The molecule has 0 saturated heterocycles. The van der Waals surface area contributed by atoms with Crippen LogP contribution in [0.4, 0.5) is 0 Å². The van der Waals surface area contributed by atoms with E-state index in [2.05, 4.69) is 242 Å². The molecule has 64 heavy (non-hydrogen) atoms. The van der Waals surface area contributed by atoms with Crippen molar-refractivity contribution in [2.75, 3.05) is 13.7 Å². The zero-order chi connectivity index (χ0) is 42.6. The molecule has 3 aliphatic carbocycles. The number of aryl methyl sites for hydroxylation is 1. The molecular weight excluding hydrogens is 775 g/mol. The van der Waals surface area contributed by atoms with Crippen LogP contribution in [0.1, 0.15) is 66.9 Å². The van der Waals surface area contributed by atoms with Crippen molar-refractivity contribution >= 4 is 0 Å². The molecule has 1 aliphatic heterocycles. The van der Waals surface area contributed by atoms with Crippen LogP contribution >= 0.6 is 0 Å². The molecule has 0 unspecified atom stereocenters. The molecule has 0 amide bonds. The van der Waals surface area contributed by atoms with Gasteiger partial charge in [-0.2, -0.15) is 0 Å². The number of benzene rings is 8. The summed E-state index contributed by atoms with van der Waals surface area (Å²) in [5.74, 6) is 0. The highest BCUT2D eigenvalue weighted by Gasteiger charge is 2.53. The Morgan fingerprint density at radius 3 is 1.23 bits per heavy atom. The number of nitrogens with zero attached hydrogens (tertiary/aromatic N) is 3. The van der Waals surface area contributed by atoms with E-state index in [4.69, 9.17) is 4.98 Å². The summed E-state index contributed by atoms with van der Waals surface area (Å²) >= 11 is 0. The lowest BCUT2D eigenvalue weighted by atomic mass is 9.64. The fraction of sp³-hybridized carbons (Fsp3) is 0.0984. The molecule has 9 aromatic rings. The Hall–Kier alpha value is -7.75. The van der Waals surface area contributed by atoms with Gasteiger partial charge in [0.25, 0.3) is 0 Å². The van der Waals surface area contributed by atoms with Gasteiger partial charge < -0.3 is 9.80 Å².